The lowest BCUT2D eigenvalue weighted by molar-refractivity contribution is 0.102. The van der Waals surface area contributed by atoms with Gasteiger partial charge in [-0.3, -0.25) is 9.78 Å². The highest BCUT2D eigenvalue weighted by molar-refractivity contribution is 6.12. The van der Waals surface area contributed by atoms with Gasteiger partial charge in [0.05, 0.1) is 16.8 Å². The van der Waals surface area contributed by atoms with Crippen molar-refractivity contribution in [3.63, 3.8) is 0 Å². The lowest BCUT2D eigenvalue weighted by Crippen LogP contribution is -2.14. The molecule has 0 fully saturated rings. The van der Waals surface area contributed by atoms with E-state index in [0.717, 1.165) is 27.8 Å². The van der Waals surface area contributed by atoms with E-state index in [1.54, 1.807) is 4.68 Å². The average Bonchev–Trinajstić information content (AvgIpc) is 3.21. The maximum atomic E-state index is 13.1. The summed E-state index contributed by atoms with van der Waals surface area (Å²) in [5.74, 6) is 0.0732. The second kappa shape index (κ2) is 7.19. The third-order valence-corrected chi connectivity index (χ3v) is 4.62. The van der Waals surface area contributed by atoms with Crippen molar-refractivity contribution in [3.8, 4) is 5.69 Å². The van der Waals surface area contributed by atoms with Crippen LogP contribution in [0.5, 0.6) is 0 Å². The van der Waals surface area contributed by atoms with E-state index in [4.69, 9.17) is 0 Å². The number of carbonyl (C=O) groups is 1. The number of tetrazole rings is 1. The van der Waals surface area contributed by atoms with Gasteiger partial charge in [0.1, 0.15) is 6.33 Å². The summed E-state index contributed by atoms with van der Waals surface area (Å²) in [6.45, 7) is 6.09. The molecule has 0 aliphatic carbocycles. The number of rotatable bonds is 4. The van der Waals surface area contributed by atoms with Gasteiger partial charge in [-0.1, -0.05) is 32.0 Å². The second-order valence-electron chi connectivity index (χ2n) is 6.98. The molecule has 28 heavy (non-hydrogen) atoms. The first kappa shape index (κ1) is 17.8. The average molecular weight is 372 g/mol. The molecular formula is C21H20N6O. The number of aromatic nitrogens is 5. The molecule has 4 rings (SSSR count). The molecule has 0 atom stereocenters. The maximum Gasteiger partial charge on any atom is 0.256 e. The Labute approximate surface area is 162 Å². The molecule has 0 radical (unpaired) electrons. The number of benzene rings is 2. The van der Waals surface area contributed by atoms with Gasteiger partial charge in [0.2, 0.25) is 0 Å². The van der Waals surface area contributed by atoms with Crippen molar-refractivity contribution < 1.29 is 4.79 Å². The smallest absolute Gasteiger partial charge is 0.256 e. The minimum absolute atomic E-state index is 0.157. The van der Waals surface area contributed by atoms with Crippen LogP contribution in [0.4, 0.5) is 5.69 Å². The van der Waals surface area contributed by atoms with Gasteiger partial charge in [0.15, 0.2) is 0 Å². The summed E-state index contributed by atoms with van der Waals surface area (Å²) in [4.78, 5) is 17.7. The van der Waals surface area contributed by atoms with Crippen LogP contribution in [-0.2, 0) is 0 Å². The van der Waals surface area contributed by atoms with E-state index < -0.39 is 0 Å². The molecule has 1 amide bonds. The zero-order valence-corrected chi connectivity index (χ0v) is 15.9. The van der Waals surface area contributed by atoms with Crippen LogP contribution in [0.3, 0.4) is 0 Å². The number of carbonyl (C=O) groups excluding carboxylic acids is 1. The third-order valence-electron chi connectivity index (χ3n) is 4.62. The minimum Gasteiger partial charge on any atom is -0.322 e. The topological polar surface area (TPSA) is 85.6 Å². The number of hydrogen-bond donors (Lipinski definition) is 1. The molecule has 2 heterocycles. The number of amides is 1. The first-order valence-corrected chi connectivity index (χ1v) is 9.08. The van der Waals surface area contributed by atoms with Crippen LogP contribution in [0.1, 0.15) is 41.4 Å². The lowest BCUT2D eigenvalue weighted by Gasteiger charge is -2.13. The van der Waals surface area contributed by atoms with E-state index in [2.05, 4.69) is 39.7 Å². The Hall–Kier alpha value is -3.61. The summed E-state index contributed by atoms with van der Waals surface area (Å²) >= 11 is 0. The largest absolute Gasteiger partial charge is 0.322 e. The van der Waals surface area contributed by atoms with Crippen LogP contribution < -0.4 is 5.32 Å². The fraction of sp³-hybridized carbons (Fsp3) is 0.190. The van der Waals surface area contributed by atoms with Crippen LogP contribution in [-0.4, -0.2) is 31.1 Å². The van der Waals surface area contributed by atoms with Gasteiger partial charge in [-0.05, 0) is 59.2 Å². The molecule has 0 unspecified atom stereocenters. The quantitative estimate of drug-likeness (QED) is 0.587. The number of fused-ring (bicyclic) bond motifs is 1. The number of aryl methyl sites for hydroxylation is 1. The molecule has 0 spiro atoms. The molecular weight excluding hydrogens is 352 g/mol. The number of pyridine rings is 1. The summed E-state index contributed by atoms with van der Waals surface area (Å²) in [5, 5.41) is 15.1. The van der Waals surface area contributed by atoms with Gasteiger partial charge >= 0.3 is 0 Å². The van der Waals surface area contributed by atoms with Crippen LogP contribution in [0, 0.1) is 6.92 Å². The number of para-hydroxylation sites is 1. The van der Waals surface area contributed by atoms with Gasteiger partial charge in [0, 0.05) is 16.8 Å². The van der Waals surface area contributed by atoms with Crippen molar-refractivity contribution in [1.82, 2.24) is 25.2 Å². The Balaban J connectivity index is 1.68. The highest BCUT2D eigenvalue weighted by Gasteiger charge is 2.15. The van der Waals surface area contributed by atoms with Crippen molar-refractivity contribution in [2.24, 2.45) is 0 Å². The van der Waals surface area contributed by atoms with Crippen LogP contribution in [0.15, 0.2) is 54.9 Å². The molecule has 1 N–H and O–H groups in total. The van der Waals surface area contributed by atoms with E-state index in [9.17, 15) is 4.79 Å². The Morgan fingerprint density at radius 3 is 2.64 bits per heavy atom. The van der Waals surface area contributed by atoms with Crippen LogP contribution >= 0.6 is 0 Å². The zero-order valence-electron chi connectivity index (χ0n) is 15.9. The Morgan fingerprint density at radius 1 is 1.11 bits per heavy atom. The monoisotopic (exact) mass is 372 g/mol. The molecule has 4 aromatic rings. The predicted molar refractivity (Wildman–Crippen MR) is 108 cm³/mol. The van der Waals surface area contributed by atoms with Gasteiger partial charge in [-0.2, -0.15) is 0 Å². The normalized spacial score (nSPS) is 11.1. The van der Waals surface area contributed by atoms with Crippen molar-refractivity contribution in [3.05, 3.63) is 71.7 Å². The molecule has 0 aliphatic heterocycles. The molecule has 7 heteroatoms. The van der Waals surface area contributed by atoms with Gasteiger partial charge < -0.3 is 5.32 Å². The number of nitrogens with one attached hydrogen (secondary N) is 1. The predicted octanol–water partition coefficient (Wildman–Crippen LogP) is 3.89. The lowest BCUT2D eigenvalue weighted by atomic mass is 10.0. The molecule has 0 bridgehead atoms. The van der Waals surface area contributed by atoms with E-state index >= 15 is 0 Å². The highest BCUT2D eigenvalue weighted by atomic mass is 16.1. The molecule has 2 aromatic heterocycles. The molecule has 2 aromatic carbocycles. The second-order valence-corrected chi connectivity index (χ2v) is 6.98. The third kappa shape index (κ3) is 3.34. The standard InChI is InChI=1S/C21H20N6O/c1-13(2)19-11-17(16-6-4-5-7-18(16)24-19)21(28)23-15-8-9-20(14(3)10-15)27-12-22-25-26-27/h4-13H,1-3H3,(H,23,28). The van der Waals surface area contributed by atoms with Crippen molar-refractivity contribution >= 4 is 22.5 Å². The highest BCUT2D eigenvalue weighted by Crippen LogP contribution is 2.24. The Morgan fingerprint density at radius 2 is 1.93 bits per heavy atom. The van der Waals surface area contributed by atoms with Crippen molar-refractivity contribution in [2.45, 2.75) is 26.7 Å². The van der Waals surface area contributed by atoms with Gasteiger partial charge in [0.25, 0.3) is 5.91 Å². The van der Waals surface area contributed by atoms with Gasteiger partial charge in [-0.15, -0.1) is 5.10 Å². The summed E-state index contributed by atoms with van der Waals surface area (Å²) in [5.41, 5.74) is 4.87. The fourth-order valence-corrected chi connectivity index (χ4v) is 3.14. The van der Waals surface area contributed by atoms with E-state index in [1.165, 1.54) is 6.33 Å². The van der Waals surface area contributed by atoms with Gasteiger partial charge in [-0.25, -0.2) is 4.68 Å². The minimum atomic E-state index is -0.157. The molecule has 7 nitrogen and oxygen atoms in total. The molecule has 140 valence electrons. The summed E-state index contributed by atoms with van der Waals surface area (Å²) < 4.78 is 1.59. The van der Waals surface area contributed by atoms with Crippen molar-refractivity contribution in [2.75, 3.05) is 5.32 Å². The first-order chi connectivity index (χ1) is 13.5. The molecule has 0 saturated heterocycles. The molecule has 0 saturated carbocycles. The summed E-state index contributed by atoms with van der Waals surface area (Å²) in [6.07, 6.45) is 1.54. The van der Waals surface area contributed by atoms with Crippen LogP contribution in [0.2, 0.25) is 0 Å². The SMILES string of the molecule is Cc1cc(NC(=O)c2cc(C(C)C)nc3ccccc23)ccc1-n1cnnn1. The van der Waals surface area contributed by atoms with Crippen LogP contribution in [0.25, 0.3) is 16.6 Å². The maximum absolute atomic E-state index is 13.1. The first-order valence-electron chi connectivity index (χ1n) is 9.08. The summed E-state index contributed by atoms with van der Waals surface area (Å²) in [7, 11) is 0. The number of anilines is 1. The van der Waals surface area contributed by atoms with Crippen molar-refractivity contribution in [1.29, 1.82) is 0 Å². The Bertz CT molecular complexity index is 1150. The fourth-order valence-electron chi connectivity index (χ4n) is 3.14. The zero-order chi connectivity index (χ0) is 19.7. The Kier molecular flexibility index (Phi) is 4.57. The summed E-state index contributed by atoms with van der Waals surface area (Å²) in [6, 6.07) is 15.2. The number of hydrogen-bond acceptors (Lipinski definition) is 5. The molecule has 0 aliphatic rings. The van der Waals surface area contributed by atoms with E-state index in [1.807, 2.05) is 55.5 Å². The van der Waals surface area contributed by atoms with E-state index in [0.29, 0.717) is 11.3 Å². The van der Waals surface area contributed by atoms with E-state index in [-0.39, 0.29) is 11.8 Å². The number of nitrogens with zero attached hydrogens (tertiary/aromatic N) is 5.